The normalized spacial score (nSPS) is 12.2. The van der Waals surface area contributed by atoms with Gasteiger partial charge in [0.25, 0.3) is 0 Å². The van der Waals surface area contributed by atoms with Gasteiger partial charge in [-0.2, -0.15) is 0 Å². The van der Waals surface area contributed by atoms with E-state index < -0.39 is 12.1 Å². The van der Waals surface area contributed by atoms with Crippen molar-refractivity contribution in [3.8, 4) is 0 Å². The summed E-state index contributed by atoms with van der Waals surface area (Å²) in [5.74, 6) is 0.757. The lowest BCUT2D eigenvalue weighted by Crippen LogP contribution is -2.35. The molecule has 3 rings (SSSR count). The van der Waals surface area contributed by atoms with Gasteiger partial charge in [-0.15, -0.1) is 0 Å². The maximum atomic E-state index is 13.6. The van der Waals surface area contributed by atoms with E-state index in [4.69, 9.17) is 10.2 Å². The fraction of sp³-hybridized carbons (Fsp3) is 0.350. The zero-order valence-corrected chi connectivity index (χ0v) is 16.6. The molecule has 29 heavy (non-hydrogen) atoms. The van der Waals surface area contributed by atoms with E-state index in [0.29, 0.717) is 41.5 Å². The number of benzene rings is 1. The van der Waals surface area contributed by atoms with Crippen LogP contribution in [0.25, 0.3) is 11.0 Å². The number of hydrogen-bond acceptors (Lipinski definition) is 6. The summed E-state index contributed by atoms with van der Waals surface area (Å²) in [6, 6.07) is 3.58. The number of anilines is 2. The standard InChI is InChI=1S/C20H25FN6O2/c1-11(2)17(18-12(3)15-8-13(21)4-5-16(15)29-18)27-20(28)26-14-9-24-19(25-10-14)23-7-6-22/h4-5,8-11,17H,6-7,22H2,1-3H3,(H,23,24,25)(H2,26,27,28). The molecule has 0 spiro atoms. The average Bonchev–Trinajstić information content (AvgIpc) is 3.01. The molecule has 0 saturated carbocycles. The number of aryl methyl sites for hydroxylation is 1. The van der Waals surface area contributed by atoms with E-state index in [9.17, 15) is 9.18 Å². The fourth-order valence-corrected chi connectivity index (χ4v) is 3.02. The number of nitrogens with one attached hydrogen (secondary N) is 3. The second-order valence-electron chi connectivity index (χ2n) is 7.06. The smallest absolute Gasteiger partial charge is 0.319 e. The van der Waals surface area contributed by atoms with Crippen molar-refractivity contribution in [3.05, 3.63) is 47.7 Å². The summed E-state index contributed by atoms with van der Waals surface area (Å²) in [6.45, 7) is 6.83. The highest BCUT2D eigenvalue weighted by Crippen LogP contribution is 2.33. The topological polar surface area (TPSA) is 118 Å². The third-order valence-corrected chi connectivity index (χ3v) is 4.51. The van der Waals surface area contributed by atoms with E-state index in [1.807, 2.05) is 20.8 Å². The summed E-state index contributed by atoms with van der Waals surface area (Å²) < 4.78 is 19.5. The molecule has 3 aromatic rings. The highest BCUT2D eigenvalue weighted by molar-refractivity contribution is 5.89. The summed E-state index contributed by atoms with van der Waals surface area (Å²) >= 11 is 0. The summed E-state index contributed by atoms with van der Waals surface area (Å²) in [7, 11) is 0. The number of urea groups is 1. The Morgan fingerprint density at radius 1 is 1.28 bits per heavy atom. The van der Waals surface area contributed by atoms with Crippen molar-refractivity contribution in [2.75, 3.05) is 23.7 Å². The number of hydrogen-bond donors (Lipinski definition) is 4. The number of furan rings is 1. The van der Waals surface area contributed by atoms with Crippen LogP contribution in [0, 0.1) is 18.7 Å². The van der Waals surface area contributed by atoms with Crippen LogP contribution in [-0.4, -0.2) is 29.1 Å². The molecule has 0 bridgehead atoms. The van der Waals surface area contributed by atoms with E-state index in [-0.39, 0.29) is 11.7 Å². The zero-order valence-electron chi connectivity index (χ0n) is 16.6. The Bertz CT molecular complexity index is 987. The monoisotopic (exact) mass is 400 g/mol. The van der Waals surface area contributed by atoms with Gasteiger partial charge in [-0.3, -0.25) is 0 Å². The van der Waals surface area contributed by atoms with Crippen molar-refractivity contribution >= 4 is 28.6 Å². The molecule has 1 aromatic carbocycles. The molecule has 5 N–H and O–H groups in total. The molecule has 0 aliphatic rings. The molecule has 9 heteroatoms. The molecule has 0 radical (unpaired) electrons. The number of fused-ring (bicyclic) bond motifs is 1. The number of amides is 2. The van der Waals surface area contributed by atoms with Crippen LogP contribution in [0.5, 0.6) is 0 Å². The first-order valence-electron chi connectivity index (χ1n) is 9.41. The Morgan fingerprint density at radius 3 is 2.66 bits per heavy atom. The first kappa shape index (κ1) is 20.5. The molecule has 154 valence electrons. The predicted octanol–water partition coefficient (Wildman–Crippen LogP) is 3.56. The Hall–Kier alpha value is -3.20. The third kappa shape index (κ3) is 4.80. The van der Waals surface area contributed by atoms with Crippen molar-refractivity contribution in [3.63, 3.8) is 0 Å². The van der Waals surface area contributed by atoms with Crippen LogP contribution in [0.2, 0.25) is 0 Å². The molecule has 1 atom stereocenters. The maximum absolute atomic E-state index is 13.6. The highest BCUT2D eigenvalue weighted by atomic mass is 19.1. The van der Waals surface area contributed by atoms with E-state index in [0.717, 1.165) is 5.56 Å². The van der Waals surface area contributed by atoms with Crippen LogP contribution in [0.4, 0.5) is 20.8 Å². The predicted molar refractivity (Wildman–Crippen MR) is 110 cm³/mol. The maximum Gasteiger partial charge on any atom is 0.319 e. The van der Waals surface area contributed by atoms with E-state index in [1.165, 1.54) is 24.5 Å². The van der Waals surface area contributed by atoms with E-state index in [1.54, 1.807) is 6.07 Å². The van der Waals surface area contributed by atoms with Gasteiger partial charge in [-0.05, 0) is 31.0 Å². The minimum Gasteiger partial charge on any atom is -0.459 e. The summed E-state index contributed by atoms with van der Waals surface area (Å²) in [5, 5.41) is 9.28. The molecule has 2 amide bonds. The fourth-order valence-electron chi connectivity index (χ4n) is 3.02. The Labute approximate surface area is 168 Å². The third-order valence-electron chi connectivity index (χ3n) is 4.51. The second-order valence-corrected chi connectivity index (χ2v) is 7.06. The van der Waals surface area contributed by atoms with Crippen LogP contribution in [0.1, 0.15) is 31.2 Å². The van der Waals surface area contributed by atoms with Crippen LogP contribution in [0.3, 0.4) is 0 Å². The van der Waals surface area contributed by atoms with Gasteiger partial charge in [0.1, 0.15) is 17.2 Å². The van der Waals surface area contributed by atoms with Crippen LogP contribution in [0.15, 0.2) is 35.0 Å². The van der Waals surface area contributed by atoms with Crippen molar-refractivity contribution in [2.45, 2.75) is 26.8 Å². The number of carbonyl (C=O) groups is 1. The van der Waals surface area contributed by atoms with Gasteiger partial charge in [-0.25, -0.2) is 19.2 Å². The van der Waals surface area contributed by atoms with E-state index in [2.05, 4.69) is 25.9 Å². The Kier molecular flexibility index (Phi) is 6.28. The van der Waals surface area contributed by atoms with Gasteiger partial charge in [0.2, 0.25) is 5.95 Å². The molecule has 1 unspecified atom stereocenters. The van der Waals surface area contributed by atoms with Gasteiger partial charge >= 0.3 is 6.03 Å². The lowest BCUT2D eigenvalue weighted by Gasteiger charge is -2.21. The van der Waals surface area contributed by atoms with Crippen molar-refractivity contribution in [1.82, 2.24) is 15.3 Å². The van der Waals surface area contributed by atoms with Gasteiger partial charge < -0.3 is 26.1 Å². The molecule has 8 nitrogen and oxygen atoms in total. The molecule has 2 aromatic heterocycles. The number of halogens is 1. The van der Waals surface area contributed by atoms with Crippen LogP contribution < -0.4 is 21.7 Å². The zero-order chi connectivity index (χ0) is 21.0. The summed E-state index contributed by atoms with van der Waals surface area (Å²) in [6.07, 6.45) is 3.01. The minimum absolute atomic E-state index is 0.0453. The van der Waals surface area contributed by atoms with Crippen molar-refractivity contribution in [2.24, 2.45) is 11.7 Å². The Morgan fingerprint density at radius 2 is 2.00 bits per heavy atom. The quantitative estimate of drug-likeness (QED) is 0.482. The average molecular weight is 400 g/mol. The van der Waals surface area contributed by atoms with Gasteiger partial charge in [0.05, 0.1) is 24.1 Å². The van der Waals surface area contributed by atoms with Gasteiger partial charge in [-0.1, -0.05) is 13.8 Å². The lowest BCUT2D eigenvalue weighted by molar-refractivity contribution is 0.241. The van der Waals surface area contributed by atoms with Gasteiger partial charge in [0.15, 0.2) is 0 Å². The number of nitrogens with two attached hydrogens (primary N) is 1. The number of aromatic nitrogens is 2. The molecular weight excluding hydrogens is 375 g/mol. The minimum atomic E-state index is -0.416. The lowest BCUT2D eigenvalue weighted by atomic mass is 9.98. The first-order valence-corrected chi connectivity index (χ1v) is 9.41. The van der Waals surface area contributed by atoms with Crippen molar-refractivity contribution < 1.29 is 13.6 Å². The molecule has 2 heterocycles. The molecule has 0 fully saturated rings. The second kappa shape index (κ2) is 8.87. The molecular formula is C20H25FN6O2. The van der Waals surface area contributed by atoms with Crippen molar-refractivity contribution in [1.29, 1.82) is 0 Å². The summed E-state index contributed by atoms with van der Waals surface area (Å²) in [4.78, 5) is 20.8. The van der Waals surface area contributed by atoms with Gasteiger partial charge in [0, 0.05) is 24.0 Å². The number of nitrogens with zero attached hydrogens (tertiary/aromatic N) is 2. The number of carbonyl (C=O) groups excluding carboxylic acids is 1. The first-order chi connectivity index (χ1) is 13.9. The Balaban J connectivity index is 1.74. The largest absolute Gasteiger partial charge is 0.459 e. The SMILES string of the molecule is Cc1c(C(NC(=O)Nc2cnc(NCCN)nc2)C(C)C)oc2ccc(F)cc12. The molecule has 0 aliphatic carbocycles. The highest BCUT2D eigenvalue weighted by Gasteiger charge is 2.25. The van der Waals surface area contributed by atoms with Crippen LogP contribution in [-0.2, 0) is 0 Å². The number of rotatable bonds is 7. The van der Waals surface area contributed by atoms with Crippen LogP contribution >= 0.6 is 0 Å². The molecule has 0 aliphatic heterocycles. The van der Waals surface area contributed by atoms with E-state index >= 15 is 0 Å². The molecule has 0 saturated heterocycles. The summed E-state index contributed by atoms with van der Waals surface area (Å²) in [5.41, 5.74) is 7.26.